The zero-order valence-electron chi connectivity index (χ0n) is 7.33. The van der Waals surface area contributed by atoms with E-state index in [1.807, 2.05) is 30.3 Å². The minimum atomic E-state index is -0.0907. The molecule has 2 rings (SSSR count). The smallest absolute Gasteiger partial charge is 0.248 e. The Morgan fingerprint density at radius 3 is 2.43 bits per heavy atom. The molecule has 0 radical (unpaired) electrons. The Morgan fingerprint density at radius 1 is 1.00 bits per heavy atom. The van der Waals surface area contributed by atoms with Gasteiger partial charge in [-0.3, -0.25) is 4.79 Å². The highest BCUT2D eigenvalue weighted by Gasteiger charge is 2.02. The lowest BCUT2D eigenvalue weighted by atomic mass is 10.1. The summed E-state index contributed by atoms with van der Waals surface area (Å²) < 4.78 is 0.892. The molecule has 0 bridgehead atoms. The summed E-state index contributed by atoms with van der Waals surface area (Å²) in [5.41, 5.74) is 1.72. The average molecular weight is 250 g/mol. The largest absolute Gasteiger partial charge is 0.321 e. The first-order chi connectivity index (χ1) is 6.77. The summed E-state index contributed by atoms with van der Waals surface area (Å²) in [5, 5.41) is 0. The van der Waals surface area contributed by atoms with Crippen LogP contribution in [0.2, 0.25) is 0 Å². The summed E-state index contributed by atoms with van der Waals surface area (Å²) >= 11 is 3.40. The molecule has 70 valence electrons. The minimum Gasteiger partial charge on any atom is -0.321 e. The predicted molar refractivity (Wildman–Crippen MR) is 60.2 cm³/mol. The molecule has 2 aromatic rings. The number of aromatic amines is 1. The number of pyridine rings is 1. The van der Waals surface area contributed by atoms with Crippen molar-refractivity contribution in [2.75, 3.05) is 0 Å². The molecule has 0 atom stereocenters. The van der Waals surface area contributed by atoms with Crippen LogP contribution in [0.15, 0.2) is 51.7 Å². The van der Waals surface area contributed by atoms with Crippen molar-refractivity contribution in [3.05, 3.63) is 57.3 Å². The molecule has 1 aromatic carbocycles. The number of hydrogen-bond acceptors (Lipinski definition) is 1. The predicted octanol–water partition coefficient (Wildman–Crippen LogP) is 2.80. The molecular formula is C11H8BrNO. The minimum absolute atomic E-state index is 0.0907. The second-order valence-electron chi connectivity index (χ2n) is 2.91. The van der Waals surface area contributed by atoms with Crippen molar-refractivity contribution in [1.29, 1.82) is 0 Å². The van der Waals surface area contributed by atoms with Crippen molar-refractivity contribution in [3.63, 3.8) is 0 Å². The van der Waals surface area contributed by atoms with Gasteiger partial charge in [-0.2, -0.15) is 0 Å². The van der Waals surface area contributed by atoms with Gasteiger partial charge in [0.25, 0.3) is 0 Å². The number of rotatable bonds is 1. The first kappa shape index (κ1) is 9.21. The lowest BCUT2D eigenvalue weighted by molar-refractivity contribution is 1.23. The first-order valence-corrected chi connectivity index (χ1v) is 5.01. The molecule has 1 heterocycles. The summed E-state index contributed by atoms with van der Waals surface area (Å²) in [5.74, 6) is 0. The zero-order chi connectivity index (χ0) is 9.97. The maximum absolute atomic E-state index is 11.1. The van der Waals surface area contributed by atoms with Gasteiger partial charge in [-0.25, -0.2) is 0 Å². The summed E-state index contributed by atoms with van der Waals surface area (Å²) in [6, 6.07) is 13.0. The molecule has 0 aliphatic carbocycles. The molecule has 0 unspecified atom stereocenters. The van der Waals surface area contributed by atoms with Crippen LogP contribution in [0, 0.1) is 0 Å². The number of benzene rings is 1. The molecule has 1 aromatic heterocycles. The molecule has 0 saturated heterocycles. The quantitative estimate of drug-likeness (QED) is 0.829. The molecule has 0 spiro atoms. The topological polar surface area (TPSA) is 32.9 Å². The van der Waals surface area contributed by atoms with E-state index in [1.165, 1.54) is 6.07 Å². The van der Waals surface area contributed by atoms with E-state index in [2.05, 4.69) is 20.9 Å². The van der Waals surface area contributed by atoms with Gasteiger partial charge < -0.3 is 4.98 Å². The van der Waals surface area contributed by atoms with E-state index in [0.717, 1.165) is 15.7 Å². The van der Waals surface area contributed by atoms with E-state index >= 15 is 0 Å². The SMILES string of the molecule is O=c1ccc(Br)c(-c2ccccc2)[nH]1. The monoisotopic (exact) mass is 249 g/mol. The second-order valence-corrected chi connectivity index (χ2v) is 3.77. The zero-order valence-corrected chi connectivity index (χ0v) is 8.91. The molecule has 3 heteroatoms. The second kappa shape index (κ2) is 3.80. The van der Waals surface area contributed by atoms with E-state index < -0.39 is 0 Å². The van der Waals surface area contributed by atoms with Crippen LogP contribution in [-0.4, -0.2) is 4.98 Å². The molecule has 0 aliphatic rings. The third kappa shape index (κ3) is 1.77. The Morgan fingerprint density at radius 2 is 1.71 bits per heavy atom. The maximum atomic E-state index is 11.1. The van der Waals surface area contributed by atoms with E-state index in [0.29, 0.717) is 0 Å². The van der Waals surface area contributed by atoms with Crippen LogP contribution in [0.1, 0.15) is 0 Å². The van der Waals surface area contributed by atoms with Gasteiger partial charge in [-0.15, -0.1) is 0 Å². The number of H-pyrrole nitrogens is 1. The van der Waals surface area contributed by atoms with Gasteiger partial charge >= 0.3 is 0 Å². The van der Waals surface area contributed by atoms with E-state index in [-0.39, 0.29) is 5.56 Å². The summed E-state index contributed by atoms with van der Waals surface area (Å²) in [6.45, 7) is 0. The van der Waals surface area contributed by atoms with Crippen molar-refractivity contribution in [1.82, 2.24) is 4.98 Å². The number of halogens is 1. The highest BCUT2D eigenvalue weighted by atomic mass is 79.9. The standard InChI is InChI=1S/C11H8BrNO/c12-9-6-7-10(14)13-11(9)8-4-2-1-3-5-8/h1-7H,(H,13,14). The van der Waals surface area contributed by atoms with Crippen LogP contribution in [0.3, 0.4) is 0 Å². The Labute approximate surface area is 89.7 Å². The normalized spacial score (nSPS) is 10.1. The third-order valence-corrected chi connectivity index (χ3v) is 2.59. The van der Waals surface area contributed by atoms with Gasteiger partial charge in [0.2, 0.25) is 5.56 Å². The van der Waals surface area contributed by atoms with Gasteiger partial charge in [0, 0.05) is 10.5 Å². The third-order valence-electron chi connectivity index (χ3n) is 1.93. The summed E-state index contributed by atoms with van der Waals surface area (Å²) in [7, 11) is 0. The highest BCUT2D eigenvalue weighted by Crippen LogP contribution is 2.23. The first-order valence-electron chi connectivity index (χ1n) is 4.21. The Kier molecular flexibility index (Phi) is 2.50. The lowest BCUT2D eigenvalue weighted by Crippen LogP contribution is -2.04. The van der Waals surface area contributed by atoms with Gasteiger partial charge in [0.1, 0.15) is 0 Å². The van der Waals surface area contributed by atoms with Crippen molar-refractivity contribution in [2.24, 2.45) is 0 Å². The fraction of sp³-hybridized carbons (Fsp3) is 0. The molecule has 14 heavy (non-hydrogen) atoms. The molecule has 0 amide bonds. The summed E-state index contributed by atoms with van der Waals surface area (Å²) in [6.07, 6.45) is 0. The summed E-state index contributed by atoms with van der Waals surface area (Å²) in [4.78, 5) is 13.9. The van der Waals surface area contributed by atoms with E-state index in [1.54, 1.807) is 6.07 Å². The molecule has 0 fully saturated rings. The van der Waals surface area contributed by atoms with Gasteiger partial charge in [0.15, 0.2) is 0 Å². The van der Waals surface area contributed by atoms with Crippen LogP contribution in [-0.2, 0) is 0 Å². The Balaban J connectivity index is 2.62. The Bertz CT molecular complexity index is 490. The van der Waals surface area contributed by atoms with Gasteiger partial charge in [-0.1, -0.05) is 30.3 Å². The van der Waals surface area contributed by atoms with E-state index in [9.17, 15) is 4.79 Å². The van der Waals surface area contributed by atoms with Crippen molar-refractivity contribution < 1.29 is 0 Å². The average Bonchev–Trinajstić information content (AvgIpc) is 2.23. The fourth-order valence-corrected chi connectivity index (χ4v) is 1.73. The van der Waals surface area contributed by atoms with Crippen LogP contribution in [0.4, 0.5) is 0 Å². The molecule has 0 aliphatic heterocycles. The number of aromatic nitrogens is 1. The number of hydrogen-bond donors (Lipinski definition) is 1. The van der Waals surface area contributed by atoms with E-state index in [4.69, 9.17) is 0 Å². The fourth-order valence-electron chi connectivity index (χ4n) is 1.27. The van der Waals surface area contributed by atoms with Crippen LogP contribution in [0.5, 0.6) is 0 Å². The van der Waals surface area contributed by atoms with Crippen molar-refractivity contribution >= 4 is 15.9 Å². The van der Waals surface area contributed by atoms with Gasteiger partial charge in [0.05, 0.1) is 5.69 Å². The van der Waals surface area contributed by atoms with Crippen molar-refractivity contribution in [2.45, 2.75) is 0 Å². The Hall–Kier alpha value is -1.35. The van der Waals surface area contributed by atoms with Gasteiger partial charge in [-0.05, 0) is 27.6 Å². The molecule has 1 N–H and O–H groups in total. The highest BCUT2D eigenvalue weighted by molar-refractivity contribution is 9.10. The van der Waals surface area contributed by atoms with Crippen LogP contribution >= 0.6 is 15.9 Å². The van der Waals surface area contributed by atoms with Crippen LogP contribution < -0.4 is 5.56 Å². The molecular weight excluding hydrogens is 242 g/mol. The molecule has 2 nitrogen and oxygen atoms in total. The number of nitrogens with one attached hydrogen (secondary N) is 1. The van der Waals surface area contributed by atoms with Crippen molar-refractivity contribution in [3.8, 4) is 11.3 Å². The maximum Gasteiger partial charge on any atom is 0.248 e. The molecule has 0 saturated carbocycles. The lowest BCUT2D eigenvalue weighted by Gasteiger charge is -2.02. The van der Waals surface area contributed by atoms with Crippen LogP contribution in [0.25, 0.3) is 11.3 Å².